The number of aryl methyl sites for hydroxylation is 2. The third-order valence-corrected chi connectivity index (χ3v) is 6.25. The van der Waals surface area contributed by atoms with E-state index in [2.05, 4.69) is 74.3 Å². The van der Waals surface area contributed by atoms with Gasteiger partial charge < -0.3 is 9.80 Å². The third-order valence-electron chi connectivity index (χ3n) is 6.25. The highest BCUT2D eigenvalue weighted by Gasteiger charge is 2.61. The minimum absolute atomic E-state index is 0.0736. The van der Waals surface area contributed by atoms with Gasteiger partial charge in [-0.25, -0.2) is 0 Å². The maximum atomic E-state index is 13.3. The van der Waals surface area contributed by atoms with Gasteiger partial charge in [0, 0.05) is 5.41 Å². The fraction of sp³-hybridized carbons (Fsp3) is 0.435. The Labute approximate surface area is 156 Å². The Kier molecular flexibility index (Phi) is 4.36. The lowest BCUT2D eigenvalue weighted by Crippen LogP contribution is -3.12. The summed E-state index contributed by atoms with van der Waals surface area (Å²) in [6.45, 7) is 8.16. The molecule has 1 aliphatic carbocycles. The van der Waals surface area contributed by atoms with Crippen molar-refractivity contribution in [3.63, 3.8) is 0 Å². The first-order valence-electron chi connectivity index (χ1n) is 9.75. The number of benzene rings is 2. The molecule has 1 heterocycles. The molecule has 1 atom stereocenters. The van der Waals surface area contributed by atoms with Crippen LogP contribution in [0.4, 0.5) is 0 Å². The van der Waals surface area contributed by atoms with Crippen molar-refractivity contribution >= 4 is 5.91 Å². The van der Waals surface area contributed by atoms with E-state index in [1.807, 2.05) is 0 Å². The quantitative estimate of drug-likeness (QED) is 0.900. The fourth-order valence-electron chi connectivity index (χ4n) is 4.54. The maximum Gasteiger partial charge on any atom is 0.227 e. The molecular weight excluding hydrogens is 320 g/mol. The van der Waals surface area contributed by atoms with E-state index in [0.717, 1.165) is 32.6 Å². The molecular formula is C23H29N2O+. The number of likely N-dealkylation sites (N-methyl/N-ethyl adjacent to an activating group) is 1. The Balaban J connectivity index is 1.69. The molecule has 0 aromatic heterocycles. The Morgan fingerprint density at radius 3 is 2.04 bits per heavy atom. The van der Waals surface area contributed by atoms with Crippen LogP contribution < -0.4 is 4.90 Å². The van der Waals surface area contributed by atoms with E-state index in [1.54, 1.807) is 0 Å². The molecule has 0 radical (unpaired) electrons. The third kappa shape index (κ3) is 2.95. The highest BCUT2D eigenvalue weighted by molar-refractivity contribution is 5.86. The van der Waals surface area contributed by atoms with E-state index >= 15 is 0 Å². The van der Waals surface area contributed by atoms with Crippen molar-refractivity contribution in [2.24, 2.45) is 5.92 Å². The van der Waals surface area contributed by atoms with Gasteiger partial charge >= 0.3 is 0 Å². The molecule has 3 nitrogen and oxygen atoms in total. The van der Waals surface area contributed by atoms with Crippen molar-refractivity contribution in [1.82, 2.24) is 4.90 Å². The van der Waals surface area contributed by atoms with E-state index in [1.165, 1.54) is 27.2 Å². The minimum atomic E-state index is -0.147. The maximum absolute atomic E-state index is 13.3. The second kappa shape index (κ2) is 6.55. The predicted octanol–water partition coefficient (Wildman–Crippen LogP) is 1.97. The van der Waals surface area contributed by atoms with Gasteiger partial charge in [0.15, 0.2) is 0 Å². The topological polar surface area (TPSA) is 24.8 Å². The summed E-state index contributed by atoms with van der Waals surface area (Å²) >= 11 is 0. The molecule has 1 saturated carbocycles. The number of nitrogens with zero attached hydrogens (tertiary/aromatic N) is 1. The Hall–Kier alpha value is -2.13. The van der Waals surface area contributed by atoms with Crippen molar-refractivity contribution in [2.75, 3.05) is 33.2 Å². The number of piperazine rings is 1. The van der Waals surface area contributed by atoms with Crippen molar-refractivity contribution in [1.29, 1.82) is 0 Å². The number of hydrogen-bond donors (Lipinski definition) is 1. The highest BCUT2D eigenvalue weighted by atomic mass is 16.2. The first-order chi connectivity index (χ1) is 12.5. The molecule has 4 rings (SSSR count). The number of nitrogens with one attached hydrogen (secondary N) is 1. The molecule has 2 fully saturated rings. The number of quaternary nitrogens is 1. The van der Waals surface area contributed by atoms with Crippen molar-refractivity contribution in [3.05, 3.63) is 70.8 Å². The van der Waals surface area contributed by atoms with Gasteiger partial charge in [-0.05, 0) is 31.4 Å². The standard InChI is InChI=1S/C23H28N2O/c1-17-6-4-8-19(14-17)23(20-9-5-7-18(2)15-20)16-21(23)22(26)25-12-10-24(3)11-13-25/h4-9,14-15,21H,10-13,16H2,1-3H3/p+1. The summed E-state index contributed by atoms with van der Waals surface area (Å²) in [4.78, 5) is 16.9. The van der Waals surface area contributed by atoms with Crippen LogP contribution in [0.2, 0.25) is 0 Å². The van der Waals surface area contributed by atoms with Crippen LogP contribution in [0.5, 0.6) is 0 Å². The highest BCUT2D eigenvalue weighted by Crippen LogP contribution is 2.59. The smallest absolute Gasteiger partial charge is 0.227 e. The molecule has 26 heavy (non-hydrogen) atoms. The molecule has 1 N–H and O–H groups in total. The average Bonchev–Trinajstić information content (AvgIpc) is 3.39. The number of rotatable bonds is 3. The van der Waals surface area contributed by atoms with Gasteiger partial charge in [0.25, 0.3) is 0 Å². The van der Waals surface area contributed by atoms with Gasteiger partial charge in [0.05, 0.1) is 39.1 Å². The lowest BCUT2D eigenvalue weighted by atomic mass is 9.84. The second-order valence-electron chi connectivity index (χ2n) is 8.25. The summed E-state index contributed by atoms with van der Waals surface area (Å²) in [6.07, 6.45) is 0.929. The van der Waals surface area contributed by atoms with Gasteiger partial charge in [-0.2, -0.15) is 0 Å². The van der Waals surface area contributed by atoms with E-state index in [-0.39, 0.29) is 11.3 Å². The van der Waals surface area contributed by atoms with Crippen LogP contribution in [0.3, 0.4) is 0 Å². The van der Waals surface area contributed by atoms with Gasteiger partial charge in [-0.15, -0.1) is 0 Å². The molecule has 0 spiro atoms. The zero-order valence-electron chi connectivity index (χ0n) is 16.1. The van der Waals surface area contributed by atoms with E-state index < -0.39 is 0 Å². The summed E-state index contributed by atoms with van der Waals surface area (Å²) in [6, 6.07) is 17.5. The van der Waals surface area contributed by atoms with Crippen LogP contribution in [0, 0.1) is 19.8 Å². The van der Waals surface area contributed by atoms with Crippen LogP contribution >= 0.6 is 0 Å². The Bertz CT molecular complexity index is 775. The largest absolute Gasteiger partial charge is 0.334 e. The molecule has 2 aliphatic rings. The van der Waals surface area contributed by atoms with E-state index in [0.29, 0.717) is 5.91 Å². The minimum Gasteiger partial charge on any atom is -0.334 e. The van der Waals surface area contributed by atoms with Crippen LogP contribution in [-0.4, -0.2) is 44.0 Å². The molecule has 1 saturated heterocycles. The van der Waals surface area contributed by atoms with Gasteiger partial charge in [0.2, 0.25) is 5.91 Å². The monoisotopic (exact) mass is 349 g/mol. The lowest BCUT2D eigenvalue weighted by molar-refractivity contribution is -0.883. The molecule has 136 valence electrons. The molecule has 1 aliphatic heterocycles. The Morgan fingerprint density at radius 1 is 1.00 bits per heavy atom. The number of amides is 1. The predicted molar refractivity (Wildman–Crippen MR) is 104 cm³/mol. The normalized spacial score (nSPS) is 22.3. The zero-order valence-corrected chi connectivity index (χ0v) is 16.1. The summed E-state index contributed by atoms with van der Waals surface area (Å²) in [7, 11) is 2.21. The van der Waals surface area contributed by atoms with E-state index in [9.17, 15) is 4.79 Å². The molecule has 2 aromatic rings. The molecule has 2 aromatic carbocycles. The fourth-order valence-corrected chi connectivity index (χ4v) is 4.54. The molecule has 0 bridgehead atoms. The van der Waals surface area contributed by atoms with Gasteiger partial charge in [-0.1, -0.05) is 59.7 Å². The number of carbonyl (C=O) groups is 1. The lowest BCUT2D eigenvalue weighted by Gasteiger charge is -2.31. The molecule has 1 amide bonds. The van der Waals surface area contributed by atoms with Gasteiger partial charge in [-0.3, -0.25) is 4.79 Å². The van der Waals surface area contributed by atoms with Crippen LogP contribution in [0.1, 0.15) is 28.7 Å². The molecule has 3 heteroatoms. The van der Waals surface area contributed by atoms with Crippen LogP contribution in [0.25, 0.3) is 0 Å². The number of hydrogen-bond acceptors (Lipinski definition) is 1. The van der Waals surface area contributed by atoms with Gasteiger partial charge in [0.1, 0.15) is 0 Å². The first-order valence-corrected chi connectivity index (χ1v) is 9.75. The van der Waals surface area contributed by atoms with Crippen molar-refractivity contribution in [3.8, 4) is 0 Å². The summed E-state index contributed by atoms with van der Waals surface area (Å²) in [5, 5.41) is 0. The summed E-state index contributed by atoms with van der Waals surface area (Å²) in [5.74, 6) is 0.421. The number of carbonyl (C=O) groups excluding carboxylic acids is 1. The summed E-state index contributed by atoms with van der Waals surface area (Å²) in [5.41, 5.74) is 4.96. The van der Waals surface area contributed by atoms with Crippen molar-refractivity contribution in [2.45, 2.75) is 25.7 Å². The SMILES string of the molecule is Cc1cccc(C2(c3cccc(C)c3)CC2C(=O)N2CC[NH+](C)CC2)c1. The van der Waals surface area contributed by atoms with Crippen molar-refractivity contribution < 1.29 is 9.69 Å². The summed E-state index contributed by atoms with van der Waals surface area (Å²) < 4.78 is 0. The zero-order chi connectivity index (χ0) is 18.3. The molecule has 1 unspecified atom stereocenters. The second-order valence-corrected chi connectivity index (χ2v) is 8.25. The van der Waals surface area contributed by atoms with E-state index in [4.69, 9.17) is 0 Å². The Morgan fingerprint density at radius 2 is 1.54 bits per heavy atom. The van der Waals surface area contributed by atoms with Crippen LogP contribution in [0.15, 0.2) is 48.5 Å². The average molecular weight is 349 g/mol. The first kappa shape index (κ1) is 17.3. The van der Waals surface area contributed by atoms with Crippen LogP contribution in [-0.2, 0) is 10.2 Å².